The summed E-state index contributed by atoms with van der Waals surface area (Å²) in [4.78, 5) is 25.5. The molecule has 1 rings (SSSR count). The highest BCUT2D eigenvalue weighted by Crippen LogP contribution is 2.16. The molecule has 1 aromatic heterocycles. The monoisotopic (exact) mass is 185 g/mol. The number of aryl methyl sites for hydroxylation is 1. The number of carbonyl (C=O) groups is 2. The predicted octanol–water partition coefficient (Wildman–Crippen LogP) is 1.05. The average molecular weight is 185 g/mol. The SMILES string of the molecule is COC(=O)c1sc(C=O)nc1C. The largest absolute Gasteiger partial charge is 0.465 e. The number of aldehydes is 1. The van der Waals surface area contributed by atoms with Gasteiger partial charge in [0.05, 0.1) is 12.8 Å². The fourth-order valence-electron chi connectivity index (χ4n) is 0.750. The number of thiazole rings is 1. The summed E-state index contributed by atoms with van der Waals surface area (Å²) in [5.74, 6) is -0.446. The molecule has 0 saturated carbocycles. The van der Waals surface area contributed by atoms with Gasteiger partial charge >= 0.3 is 5.97 Å². The molecule has 0 bridgehead atoms. The third-order valence-electron chi connectivity index (χ3n) is 1.28. The molecular weight excluding hydrogens is 178 g/mol. The summed E-state index contributed by atoms with van der Waals surface area (Å²) in [5, 5.41) is 0.299. The van der Waals surface area contributed by atoms with Crippen LogP contribution in [0.4, 0.5) is 0 Å². The highest BCUT2D eigenvalue weighted by molar-refractivity contribution is 7.15. The lowest BCUT2D eigenvalue weighted by molar-refractivity contribution is 0.0605. The summed E-state index contributed by atoms with van der Waals surface area (Å²) in [7, 11) is 1.29. The summed E-state index contributed by atoms with van der Waals surface area (Å²) < 4.78 is 4.49. The van der Waals surface area contributed by atoms with Crippen molar-refractivity contribution in [3.05, 3.63) is 15.6 Å². The van der Waals surface area contributed by atoms with Gasteiger partial charge in [-0.15, -0.1) is 11.3 Å². The number of nitrogens with zero attached hydrogens (tertiary/aromatic N) is 1. The summed E-state index contributed by atoms with van der Waals surface area (Å²) in [6.45, 7) is 1.66. The van der Waals surface area contributed by atoms with Crippen molar-refractivity contribution in [2.75, 3.05) is 7.11 Å². The van der Waals surface area contributed by atoms with Crippen LogP contribution in [0.2, 0.25) is 0 Å². The normalized spacial score (nSPS) is 9.50. The minimum absolute atomic E-state index is 0.299. The molecule has 0 aromatic carbocycles. The molecule has 1 heterocycles. The minimum Gasteiger partial charge on any atom is -0.465 e. The van der Waals surface area contributed by atoms with E-state index in [4.69, 9.17) is 0 Å². The van der Waals surface area contributed by atoms with E-state index >= 15 is 0 Å². The maximum atomic E-state index is 11.0. The topological polar surface area (TPSA) is 56.3 Å². The van der Waals surface area contributed by atoms with Crippen LogP contribution < -0.4 is 0 Å². The maximum absolute atomic E-state index is 11.0. The number of hydrogen-bond acceptors (Lipinski definition) is 5. The number of methoxy groups -OCH3 is 1. The molecule has 0 spiro atoms. The van der Waals surface area contributed by atoms with E-state index < -0.39 is 5.97 Å². The van der Waals surface area contributed by atoms with Gasteiger partial charge in [0.2, 0.25) is 0 Å². The lowest BCUT2D eigenvalue weighted by Crippen LogP contribution is -1.99. The minimum atomic E-state index is -0.446. The van der Waals surface area contributed by atoms with Crippen molar-refractivity contribution < 1.29 is 14.3 Å². The van der Waals surface area contributed by atoms with E-state index in [9.17, 15) is 9.59 Å². The van der Waals surface area contributed by atoms with Gasteiger partial charge in [-0.25, -0.2) is 9.78 Å². The van der Waals surface area contributed by atoms with Gasteiger partial charge < -0.3 is 4.74 Å². The third kappa shape index (κ3) is 1.50. The van der Waals surface area contributed by atoms with Crippen LogP contribution in [-0.4, -0.2) is 24.3 Å². The number of hydrogen-bond donors (Lipinski definition) is 0. The van der Waals surface area contributed by atoms with Crippen molar-refractivity contribution in [3.63, 3.8) is 0 Å². The number of carbonyl (C=O) groups excluding carboxylic acids is 2. The van der Waals surface area contributed by atoms with E-state index in [1.807, 2.05) is 0 Å². The second-order valence-electron chi connectivity index (χ2n) is 2.08. The van der Waals surface area contributed by atoms with Gasteiger partial charge in [0.25, 0.3) is 0 Å². The van der Waals surface area contributed by atoms with Crippen LogP contribution in [0.25, 0.3) is 0 Å². The molecule has 0 aliphatic carbocycles. The highest BCUT2D eigenvalue weighted by Gasteiger charge is 2.14. The Morgan fingerprint density at radius 2 is 2.33 bits per heavy atom. The standard InChI is InChI=1S/C7H7NO3S/c1-4-6(7(10)11-2)12-5(3-9)8-4/h3H,1-2H3. The Labute approximate surface area is 73.2 Å². The summed E-state index contributed by atoms with van der Waals surface area (Å²) in [6.07, 6.45) is 0.615. The molecule has 0 unspecified atom stereocenters. The molecular formula is C7H7NO3S. The summed E-state index contributed by atoms with van der Waals surface area (Å²) in [5.41, 5.74) is 0.536. The second-order valence-corrected chi connectivity index (χ2v) is 3.11. The zero-order valence-corrected chi connectivity index (χ0v) is 7.47. The molecule has 64 valence electrons. The molecule has 0 atom stereocenters. The van der Waals surface area contributed by atoms with Crippen LogP contribution in [0.3, 0.4) is 0 Å². The molecule has 0 aliphatic rings. The fourth-order valence-corrected chi connectivity index (χ4v) is 1.55. The van der Waals surface area contributed by atoms with Crippen molar-refractivity contribution in [2.45, 2.75) is 6.92 Å². The molecule has 1 aromatic rings. The van der Waals surface area contributed by atoms with Crippen LogP contribution in [0, 0.1) is 6.92 Å². The Morgan fingerprint density at radius 1 is 1.67 bits per heavy atom. The van der Waals surface area contributed by atoms with Crippen molar-refractivity contribution in [3.8, 4) is 0 Å². The first-order valence-electron chi connectivity index (χ1n) is 3.20. The Kier molecular flexibility index (Phi) is 2.54. The summed E-state index contributed by atoms with van der Waals surface area (Å²) >= 11 is 1.04. The molecule has 0 fully saturated rings. The van der Waals surface area contributed by atoms with Crippen LogP contribution in [0.15, 0.2) is 0 Å². The van der Waals surface area contributed by atoms with Gasteiger partial charge in [-0.3, -0.25) is 4.79 Å². The quantitative estimate of drug-likeness (QED) is 0.510. The molecule has 0 amide bonds. The van der Waals surface area contributed by atoms with Gasteiger partial charge in [0, 0.05) is 0 Å². The van der Waals surface area contributed by atoms with E-state index in [-0.39, 0.29) is 0 Å². The number of ether oxygens (including phenoxy) is 1. The maximum Gasteiger partial charge on any atom is 0.349 e. The van der Waals surface area contributed by atoms with E-state index in [1.165, 1.54) is 7.11 Å². The zero-order chi connectivity index (χ0) is 9.14. The second kappa shape index (κ2) is 3.44. The molecule has 0 aliphatic heterocycles. The van der Waals surface area contributed by atoms with E-state index in [2.05, 4.69) is 9.72 Å². The van der Waals surface area contributed by atoms with Crippen LogP contribution >= 0.6 is 11.3 Å². The first kappa shape index (κ1) is 8.86. The number of esters is 1. The van der Waals surface area contributed by atoms with Crippen LogP contribution in [0.1, 0.15) is 25.2 Å². The van der Waals surface area contributed by atoms with Crippen molar-refractivity contribution in [1.29, 1.82) is 0 Å². The van der Waals surface area contributed by atoms with Crippen molar-refractivity contribution in [2.24, 2.45) is 0 Å². The summed E-state index contributed by atoms with van der Waals surface area (Å²) in [6, 6.07) is 0. The highest BCUT2D eigenvalue weighted by atomic mass is 32.1. The fraction of sp³-hybridized carbons (Fsp3) is 0.286. The molecule has 0 saturated heterocycles. The molecule has 5 heteroatoms. The molecule has 12 heavy (non-hydrogen) atoms. The first-order chi connectivity index (χ1) is 5.69. The number of aromatic nitrogens is 1. The van der Waals surface area contributed by atoms with E-state index in [1.54, 1.807) is 6.92 Å². The lowest BCUT2D eigenvalue weighted by atomic mass is 10.4. The first-order valence-corrected chi connectivity index (χ1v) is 4.01. The van der Waals surface area contributed by atoms with Gasteiger partial charge in [-0.1, -0.05) is 0 Å². The number of rotatable bonds is 2. The molecule has 4 nitrogen and oxygen atoms in total. The average Bonchev–Trinajstić information content (AvgIpc) is 2.45. The smallest absolute Gasteiger partial charge is 0.349 e. The Hall–Kier alpha value is -1.23. The van der Waals surface area contributed by atoms with Crippen LogP contribution in [0.5, 0.6) is 0 Å². The zero-order valence-electron chi connectivity index (χ0n) is 6.66. The Bertz CT molecular complexity index is 318. The predicted molar refractivity (Wildman–Crippen MR) is 43.6 cm³/mol. The van der Waals surface area contributed by atoms with E-state index in [0.29, 0.717) is 21.9 Å². The van der Waals surface area contributed by atoms with Gasteiger partial charge in [0.1, 0.15) is 4.88 Å². The van der Waals surface area contributed by atoms with Crippen molar-refractivity contribution >= 4 is 23.6 Å². The van der Waals surface area contributed by atoms with Gasteiger partial charge in [-0.05, 0) is 6.92 Å². The van der Waals surface area contributed by atoms with Gasteiger partial charge in [-0.2, -0.15) is 0 Å². The molecule has 0 N–H and O–H groups in total. The Balaban J connectivity index is 3.07. The molecule has 0 radical (unpaired) electrons. The Morgan fingerprint density at radius 3 is 2.75 bits per heavy atom. The van der Waals surface area contributed by atoms with Crippen LogP contribution in [-0.2, 0) is 4.74 Å². The third-order valence-corrected chi connectivity index (χ3v) is 2.35. The van der Waals surface area contributed by atoms with Crippen molar-refractivity contribution in [1.82, 2.24) is 4.98 Å². The lowest BCUT2D eigenvalue weighted by Gasteiger charge is -1.92. The van der Waals surface area contributed by atoms with Gasteiger partial charge in [0.15, 0.2) is 11.3 Å². The van der Waals surface area contributed by atoms with E-state index in [0.717, 1.165) is 11.3 Å².